The van der Waals surface area contributed by atoms with Crippen LogP contribution in [0, 0.1) is 0 Å². The molecule has 1 aromatic rings. The van der Waals surface area contributed by atoms with Gasteiger partial charge in [-0.1, -0.05) is 48.1 Å². The Bertz CT molecular complexity index is 512. The molecule has 0 N–H and O–H groups in total. The Morgan fingerprint density at radius 3 is 2.45 bits per heavy atom. The van der Waals surface area contributed by atoms with Crippen molar-refractivity contribution in [3.05, 3.63) is 58.5 Å². The Balaban J connectivity index is 1.86. The average Bonchev–Trinajstić information content (AvgIpc) is 3.00. The van der Waals surface area contributed by atoms with Gasteiger partial charge in [-0.05, 0) is 20.8 Å². The molecule has 0 bridgehead atoms. The molecule has 120 valence electrons. The molecule has 0 unspecified atom stereocenters. The SMILES string of the molecule is CC(C)=C/C=C(\C)SOCCC1(c2ccccc2)OCCO1. The summed E-state index contributed by atoms with van der Waals surface area (Å²) < 4.78 is 17.4. The standard InChI is InChI=1S/C18H24O3S/c1-15(2)9-10-16(3)22-21-12-11-18(19-13-14-20-18)17-7-5-4-6-8-17/h4-10H,11-14H2,1-3H3/b16-10+. The topological polar surface area (TPSA) is 27.7 Å². The first-order valence-electron chi connectivity index (χ1n) is 7.57. The van der Waals surface area contributed by atoms with Gasteiger partial charge in [0.1, 0.15) is 0 Å². The van der Waals surface area contributed by atoms with E-state index < -0.39 is 5.79 Å². The van der Waals surface area contributed by atoms with Crippen LogP contribution in [0.1, 0.15) is 32.8 Å². The lowest BCUT2D eigenvalue weighted by Gasteiger charge is -2.27. The van der Waals surface area contributed by atoms with Crippen molar-refractivity contribution in [1.29, 1.82) is 0 Å². The summed E-state index contributed by atoms with van der Waals surface area (Å²) in [5.41, 5.74) is 2.33. The number of allylic oxidation sites excluding steroid dienone is 4. The molecule has 4 heteroatoms. The quantitative estimate of drug-likeness (QED) is 0.409. The summed E-state index contributed by atoms with van der Waals surface area (Å²) >= 11 is 1.40. The van der Waals surface area contributed by atoms with Gasteiger partial charge in [0.05, 0.1) is 19.8 Å². The van der Waals surface area contributed by atoms with Gasteiger partial charge >= 0.3 is 0 Å². The summed E-state index contributed by atoms with van der Waals surface area (Å²) in [6.45, 7) is 8.02. The van der Waals surface area contributed by atoms with Crippen LogP contribution in [0.15, 0.2) is 53.0 Å². The molecular weight excluding hydrogens is 296 g/mol. The third-order valence-electron chi connectivity index (χ3n) is 3.32. The van der Waals surface area contributed by atoms with Gasteiger partial charge in [0.25, 0.3) is 0 Å². The minimum Gasteiger partial charge on any atom is -0.343 e. The largest absolute Gasteiger partial charge is 0.343 e. The molecule has 0 aromatic heterocycles. The summed E-state index contributed by atoms with van der Waals surface area (Å²) in [5, 5.41) is 0. The summed E-state index contributed by atoms with van der Waals surface area (Å²) in [5.74, 6) is -0.653. The van der Waals surface area contributed by atoms with Crippen molar-refractivity contribution in [3.8, 4) is 0 Å². The zero-order valence-corrected chi connectivity index (χ0v) is 14.3. The number of benzene rings is 1. The van der Waals surface area contributed by atoms with Crippen molar-refractivity contribution in [3.63, 3.8) is 0 Å². The van der Waals surface area contributed by atoms with Crippen molar-refractivity contribution in [2.24, 2.45) is 0 Å². The van der Waals surface area contributed by atoms with Gasteiger partial charge in [-0.15, -0.1) is 0 Å². The molecule has 2 rings (SSSR count). The maximum absolute atomic E-state index is 5.88. The smallest absolute Gasteiger partial charge is 0.197 e. The summed E-state index contributed by atoms with van der Waals surface area (Å²) in [6, 6.07) is 10.1. The molecule has 0 saturated carbocycles. The lowest BCUT2D eigenvalue weighted by Crippen LogP contribution is -2.28. The van der Waals surface area contributed by atoms with E-state index in [1.165, 1.54) is 17.6 Å². The zero-order valence-electron chi connectivity index (χ0n) is 13.5. The highest BCUT2D eigenvalue weighted by molar-refractivity contribution is 7.98. The Morgan fingerprint density at radius 2 is 1.82 bits per heavy atom. The van der Waals surface area contributed by atoms with Crippen molar-refractivity contribution in [2.75, 3.05) is 19.8 Å². The predicted molar refractivity (Wildman–Crippen MR) is 91.4 cm³/mol. The number of rotatable bonds is 7. The van der Waals surface area contributed by atoms with Crippen LogP contribution in [0.3, 0.4) is 0 Å². The van der Waals surface area contributed by atoms with E-state index in [4.69, 9.17) is 13.7 Å². The molecule has 0 aliphatic carbocycles. The van der Waals surface area contributed by atoms with E-state index in [1.807, 2.05) is 37.3 Å². The molecule has 0 spiro atoms. The first-order chi connectivity index (χ1) is 10.6. The molecule has 1 heterocycles. The zero-order chi connectivity index (χ0) is 15.8. The normalized spacial score (nSPS) is 17.5. The summed E-state index contributed by atoms with van der Waals surface area (Å²) in [7, 11) is 0. The third-order valence-corrected chi connectivity index (χ3v) is 4.01. The Kier molecular flexibility index (Phi) is 6.70. The van der Waals surface area contributed by atoms with E-state index in [0.29, 0.717) is 26.2 Å². The molecule has 0 amide bonds. The van der Waals surface area contributed by atoms with Gasteiger partial charge in [-0.3, -0.25) is 0 Å². The maximum atomic E-state index is 5.88. The number of hydrogen-bond acceptors (Lipinski definition) is 4. The van der Waals surface area contributed by atoms with Crippen LogP contribution in [0.2, 0.25) is 0 Å². The number of ether oxygens (including phenoxy) is 2. The third kappa shape index (κ3) is 4.99. The molecule has 1 fully saturated rings. The molecule has 0 radical (unpaired) electrons. The molecule has 1 aliphatic heterocycles. The molecule has 3 nitrogen and oxygen atoms in total. The van der Waals surface area contributed by atoms with Gasteiger partial charge in [0.2, 0.25) is 0 Å². The molecule has 0 atom stereocenters. The second-order valence-corrected chi connectivity index (χ2v) is 6.54. The van der Waals surface area contributed by atoms with Crippen LogP contribution in [-0.2, 0) is 19.4 Å². The highest BCUT2D eigenvalue weighted by atomic mass is 32.2. The van der Waals surface area contributed by atoms with E-state index in [9.17, 15) is 0 Å². The molecule has 1 saturated heterocycles. The lowest BCUT2D eigenvalue weighted by atomic mass is 10.0. The first kappa shape index (κ1) is 17.3. The highest BCUT2D eigenvalue weighted by Crippen LogP contribution is 2.35. The van der Waals surface area contributed by atoms with Gasteiger partial charge < -0.3 is 13.7 Å². The average molecular weight is 320 g/mol. The highest BCUT2D eigenvalue weighted by Gasteiger charge is 2.38. The van der Waals surface area contributed by atoms with Crippen LogP contribution in [0.4, 0.5) is 0 Å². The molecular formula is C18H24O3S. The first-order valence-corrected chi connectivity index (χ1v) is 8.31. The van der Waals surface area contributed by atoms with Gasteiger partial charge in [0, 0.05) is 28.9 Å². The second kappa shape index (κ2) is 8.53. The van der Waals surface area contributed by atoms with Crippen molar-refractivity contribution in [2.45, 2.75) is 33.0 Å². The summed E-state index contributed by atoms with van der Waals surface area (Å²) in [6.07, 6.45) is 4.83. The van der Waals surface area contributed by atoms with Crippen LogP contribution < -0.4 is 0 Å². The monoisotopic (exact) mass is 320 g/mol. The molecule has 1 aromatic carbocycles. The van der Waals surface area contributed by atoms with Gasteiger partial charge in [-0.2, -0.15) is 0 Å². The minimum atomic E-state index is -0.653. The fourth-order valence-corrected chi connectivity index (χ4v) is 2.70. The van der Waals surface area contributed by atoms with Crippen LogP contribution in [-0.4, -0.2) is 19.8 Å². The molecule has 22 heavy (non-hydrogen) atoms. The van der Waals surface area contributed by atoms with Crippen LogP contribution >= 0.6 is 12.0 Å². The van der Waals surface area contributed by atoms with Crippen LogP contribution in [0.25, 0.3) is 0 Å². The lowest BCUT2D eigenvalue weighted by molar-refractivity contribution is -0.174. The Labute approximate surface area is 137 Å². The Morgan fingerprint density at radius 1 is 1.14 bits per heavy atom. The van der Waals surface area contributed by atoms with Gasteiger partial charge in [-0.25, -0.2) is 0 Å². The van der Waals surface area contributed by atoms with E-state index in [1.54, 1.807) is 0 Å². The minimum absolute atomic E-state index is 0.569. The predicted octanol–water partition coefficient (Wildman–Crippen LogP) is 4.81. The Hall–Kier alpha value is -1.07. The fraction of sp³-hybridized carbons (Fsp3) is 0.444. The van der Waals surface area contributed by atoms with Crippen molar-refractivity contribution < 1.29 is 13.7 Å². The van der Waals surface area contributed by atoms with Gasteiger partial charge in [0.15, 0.2) is 5.79 Å². The van der Waals surface area contributed by atoms with E-state index >= 15 is 0 Å². The fourth-order valence-electron chi connectivity index (χ4n) is 2.22. The van der Waals surface area contributed by atoms with E-state index in [-0.39, 0.29) is 0 Å². The van der Waals surface area contributed by atoms with E-state index in [0.717, 1.165) is 10.5 Å². The molecule has 1 aliphatic rings. The van der Waals surface area contributed by atoms with E-state index in [2.05, 4.69) is 26.0 Å². The number of hydrogen-bond donors (Lipinski definition) is 0. The summed E-state index contributed by atoms with van der Waals surface area (Å²) in [4.78, 5) is 1.13. The van der Waals surface area contributed by atoms with Crippen molar-refractivity contribution >= 4 is 12.0 Å². The second-order valence-electron chi connectivity index (χ2n) is 5.49. The maximum Gasteiger partial charge on any atom is 0.197 e. The van der Waals surface area contributed by atoms with Crippen molar-refractivity contribution in [1.82, 2.24) is 0 Å². The van der Waals surface area contributed by atoms with Crippen LogP contribution in [0.5, 0.6) is 0 Å².